The van der Waals surface area contributed by atoms with Crippen LogP contribution in [0.2, 0.25) is 10.0 Å². The second-order valence-corrected chi connectivity index (χ2v) is 5.51. The largest absolute Gasteiger partial charge is 0.480 e. The molecule has 1 aromatic rings. The highest BCUT2D eigenvalue weighted by atomic mass is 35.5. The molecule has 5 nitrogen and oxygen atoms in total. The lowest BCUT2D eigenvalue weighted by atomic mass is 10.0. The van der Waals surface area contributed by atoms with Crippen LogP contribution in [0.4, 0.5) is 10.5 Å². The number of hydrogen-bond acceptors (Lipinski definition) is 2. The van der Waals surface area contributed by atoms with Crippen LogP contribution in [0.15, 0.2) is 18.2 Å². The standard InChI is InChI=1S/C13H16Cl2N2O3/c1-7(2)6-10(12(18)19)17-13(20)16-9-5-3-4-8(14)11(9)15/h3-5,7,10H,6H2,1-2H3,(H,18,19)(H2,16,17,20)/t10-/m1/s1. The van der Waals surface area contributed by atoms with Crippen LogP contribution in [0, 0.1) is 5.92 Å². The second kappa shape index (κ2) is 7.36. The fourth-order valence-corrected chi connectivity index (χ4v) is 1.96. The quantitative estimate of drug-likeness (QED) is 0.775. The van der Waals surface area contributed by atoms with Crippen molar-refractivity contribution in [1.82, 2.24) is 5.32 Å². The van der Waals surface area contributed by atoms with Crippen LogP contribution >= 0.6 is 23.2 Å². The number of carbonyl (C=O) groups excluding carboxylic acids is 1. The van der Waals surface area contributed by atoms with Gasteiger partial charge in [0.15, 0.2) is 0 Å². The number of anilines is 1. The van der Waals surface area contributed by atoms with Gasteiger partial charge in [-0.3, -0.25) is 0 Å². The summed E-state index contributed by atoms with van der Waals surface area (Å²) in [5, 5.41) is 14.4. The lowest BCUT2D eigenvalue weighted by Crippen LogP contribution is -2.43. The van der Waals surface area contributed by atoms with Crippen molar-refractivity contribution in [1.29, 1.82) is 0 Å². The highest BCUT2D eigenvalue weighted by molar-refractivity contribution is 6.43. The Bertz CT molecular complexity index is 506. The molecular formula is C13H16Cl2N2O3. The summed E-state index contributed by atoms with van der Waals surface area (Å²) in [7, 11) is 0. The third-order valence-electron chi connectivity index (χ3n) is 2.51. The molecule has 7 heteroatoms. The van der Waals surface area contributed by atoms with E-state index in [-0.39, 0.29) is 10.9 Å². The topological polar surface area (TPSA) is 78.4 Å². The van der Waals surface area contributed by atoms with Crippen molar-refractivity contribution in [3.63, 3.8) is 0 Å². The number of urea groups is 1. The van der Waals surface area contributed by atoms with Crippen molar-refractivity contribution in [2.24, 2.45) is 5.92 Å². The maximum Gasteiger partial charge on any atom is 0.326 e. The van der Waals surface area contributed by atoms with Gasteiger partial charge in [0.1, 0.15) is 6.04 Å². The molecule has 110 valence electrons. The Morgan fingerprint density at radius 3 is 2.50 bits per heavy atom. The molecule has 0 aliphatic heterocycles. The van der Waals surface area contributed by atoms with E-state index in [9.17, 15) is 9.59 Å². The number of rotatable bonds is 5. The first kappa shape index (κ1) is 16.6. The zero-order chi connectivity index (χ0) is 15.3. The summed E-state index contributed by atoms with van der Waals surface area (Å²) in [4.78, 5) is 22.8. The van der Waals surface area contributed by atoms with Gasteiger partial charge in [-0.05, 0) is 24.5 Å². The molecule has 0 spiro atoms. The van der Waals surface area contributed by atoms with Gasteiger partial charge in [-0.25, -0.2) is 9.59 Å². The number of carbonyl (C=O) groups is 2. The first-order valence-electron chi connectivity index (χ1n) is 6.05. The first-order chi connectivity index (χ1) is 9.31. The molecule has 0 fully saturated rings. The monoisotopic (exact) mass is 318 g/mol. The Morgan fingerprint density at radius 1 is 1.30 bits per heavy atom. The van der Waals surface area contributed by atoms with Crippen molar-refractivity contribution in [3.05, 3.63) is 28.2 Å². The van der Waals surface area contributed by atoms with E-state index in [0.717, 1.165) is 0 Å². The van der Waals surface area contributed by atoms with E-state index in [4.69, 9.17) is 28.3 Å². The second-order valence-electron chi connectivity index (χ2n) is 4.72. The number of aliphatic carboxylic acids is 1. The molecule has 1 aromatic carbocycles. The van der Waals surface area contributed by atoms with Crippen LogP contribution in [0.1, 0.15) is 20.3 Å². The zero-order valence-electron chi connectivity index (χ0n) is 11.1. The maximum absolute atomic E-state index is 11.8. The van der Waals surface area contributed by atoms with Crippen LogP contribution in [0.5, 0.6) is 0 Å². The number of benzene rings is 1. The van der Waals surface area contributed by atoms with Crippen molar-refractivity contribution in [2.75, 3.05) is 5.32 Å². The molecule has 3 N–H and O–H groups in total. The lowest BCUT2D eigenvalue weighted by Gasteiger charge is -2.17. The molecule has 0 unspecified atom stereocenters. The third-order valence-corrected chi connectivity index (χ3v) is 3.33. The minimum atomic E-state index is -1.08. The molecule has 0 radical (unpaired) electrons. The normalized spacial score (nSPS) is 12.1. The molecule has 0 aromatic heterocycles. The third kappa shape index (κ3) is 4.90. The fraction of sp³-hybridized carbons (Fsp3) is 0.385. The summed E-state index contributed by atoms with van der Waals surface area (Å²) in [6, 6.07) is 3.21. The predicted octanol–water partition coefficient (Wildman–Crippen LogP) is 3.61. The van der Waals surface area contributed by atoms with Crippen LogP contribution < -0.4 is 10.6 Å². The van der Waals surface area contributed by atoms with Gasteiger partial charge in [0.2, 0.25) is 0 Å². The van der Waals surface area contributed by atoms with E-state index < -0.39 is 18.0 Å². The van der Waals surface area contributed by atoms with Gasteiger partial charge in [-0.15, -0.1) is 0 Å². The summed E-state index contributed by atoms with van der Waals surface area (Å²) in [5.41, 5.74) is 0.324. The number of hydrogen-bond donors (Lipinski definition) is 3. The summed E-state index contributed by atoms with van der Waals surface area (Å²) in [5.74, 6) is -0.933. The molecule has 0 saturated heterocycles. The number of carboxylic acid groups (broad SMARTS) is 1. The van der Waals surface area contributed by atoms with Crippen molar-refractivity contribution in [2.45, 2.75) is 26.3 Å². The number of carboxylic acids is 1. The van der Waals surface area contributed by atoms with E-state index in [2.05, 4.69) is 10.6 Å². The fourth-order valence-electron chi connectivity index (χ4n) is 1.61. The Morgan fingerprint density at radius 2 is 1.95 bits per heavy atom. The van der Waals surface area contributed by atoms with Gasteiger partial charge in [-0.2, -0.15) is 0 Å². The molecule has 2 amide bonds. The minimum Gasteiger partial charge on any atom is -0.480 e. The van der Waals surface area contributed by atoms with E-state index in [1.54, 1.807) is 18.2 Å². The molecule has 20 heavy (non-hydrogen) atoms. The number of nitrogens with one attached hydrogen (secondary N) is 2. The smallest absolute Gasteiger partial charge is 0.326 e. The van der Waals surface area contributed by atoms with E-state index in [1.807, 2.05) is 13.8 Å². The molecule has 0 heterocycles. The maximum atomic E-state index is 11.8. The van der Waals surface area contributed by atoms with Gasteiger partial charge < -0.3 is 15.7 Å². The molecule has 0 bridgehead atoms. The molecule has 0 saturated carbocycles. The van der Waals surface area contributed by atoms with Crippen molar-refractivity contribution >= 4 is 40.9 Å². The zero-order valence-corrected chi connectivity index (χ0v) is 12.6. The van der Waals surface area contributed by atoms with Crippen molar-refractivity contribution < 1.29 is 14.7 Å². The summed E-state index contributed by atoms with van der Waals surface area (Å²) in [6.07, 6.45) is 0.339. The average molecular weight is 319 g/mol. The SMILES string of the molecule is CC(C)C[C@@H](NC(=O)Nc1cccc(Cl)c1Cl)C(=O)O. The van der Waals surface area contributed by atoms with E-state index in [1.165, 1.54) is 0 Å². The molecule has 1 atom stereocenters. The summed E-state index contributed by atoms with van der Waals surface area (Å²) in [6.45, 7) is 3.76. The minimum absolute atomic E-state index is 0.145. The lowest BCUT2D eigenvalue weighted by molar-refractivity contribution is -0.139. The van der Waals surface area contributed by atoms with Gasteiger partial charge in [0.25, 0.3) is 0 Å². The highest BCUT2D eigenvalue weighted by Crippen LogP contribution is 2.29. The summed E-state index contributed by atoms with van der Waals surface area (Å²) >= 11 is 11.8. The molecule has 0 aliphatic rings. The van der Waals surface area contributed by atoms with Crippen LogP contribution in [0.3, 0.4) is 0 Å². The van der Waals surface area contributed by atoms with Crippen LogP contribution in [-0.4, -0.2) is 23.1 Å². The molecule has 0 aliphatic carbocycles. The predicted molar refractivity (Wildman–Crippen MR) is 79.5 cm³/mol. The number of amides is 2. The first-order valence-corrected chi connectivity index (χ1v) is 6.81. The average Bonchev–Trinajstić information content (AvgIpc) is 2.33. The van der Waals surface area contributed by atoms with Gasteiger partial charge in [0, 0.05) is 0 Å². The number of halogens is 2. The van der Waals surface area contributed by atoms with Crippen LogP contribution in [-0.2, 0) is 4.79 Å². The van der Waals surface area contributed by atoms with Crippen LogP contribution in [0.25, 0.3) is 0 Å². The Hall–Kier alpha value is -1.46. The Kier molecular flexibility index (Phi) is 6.10. The van der Waals surface area contributed by atoms with Gasteiger partial charge >= 0.3 is 12.0 Å². The Labute approximate surface area is 127 Å². The van der Waals surface area contributed by atoms with E-state index >= 15 is 0 Å². The van der Waals surface area contributed by atoms with Gasteiger partial charge in [-0.1, -0.05) is 43.1 Å². The molecule has 1 rings (SSSR count). The summed E-state index contributed by atoms with van der Waals surface area (Å²) < 4.78 is 0. The Balaban J connectivity index is 2.71. The van der Waals surface area contributed by atoms with E-state index in [0.29, 0.717) is 17.1 Å². The molecular weight excluding hydrogens is 303 g/mol. The highest BCUT2D eigenvalue weighted by Gasteiger charge is 2.21. The van der Waals surface area contributed by atoms with Crippen molar-refractivity contribution in [3.8, 4) is 0 Å². The van der Waals surface area contributed by atoms with Gasteiger partial charge in [0.05, 0.1) is 15.7 Å².